The summed E-state index contributed by atoms with van der Waals surface area (Å²) in [6.07, 6.45) is 8.62. The quantitative estimate of drug-likeness (QED) is 0.169. The molecule has 0 nitrogen and oxygen atoms in total. The first-order valence-corrected chi connectivity index (χ1v) is 22.2. The van der Waals surface area contributed by atoms with Crippen molar-refractivity contribution >= 4 is 21.5 Å². The van der Waals surface area contributed by atoms with E-state index in [-0.39, 0.29) is 0 Å². The van der Waals surface area contributed by atoms with Crippen molar-refractivity contribution in [3.63, 3.8) is 0 Å². The van der Waals surface area contributed by atoms with Gasteiger partial charge in [0.2, 0.25) is 0 Å². The summed E-state index contributed by atoms with van der Waals surface area (Å²) in [6.45, 7) is 0. The van der Waals surface area contributed by atoms with Crippen LogP contribution in [0.4, 0.5) is 0 Å². The van der Waals surface area contributed by atoms with E-state index in [1.165, 1.54) is 127 Å². The molecule has 8 aromatic rings. The van der Waals surface area contributed by atoms with Crippen molar-refractivity contribution in [1.29, 1.82) is 0 Å². The lowest BCUT2D eigenvalue weighted by atomic mass is 9.25. The summed E-state index contributed by atoms with van der Waals surface area (Å²) in [7, 11) is 0. The normalized spacial score (nSPS) is 29.4. The predicted octanol–water partition coefficient (Wildman–Crippen LogP) is 14.9. The van der Waals surface area contributed by atoms with Crippen LogP contribution in [-0.4, -0.2) is 0 Å². The topological polar surface area (TPSA) is 0 Å². The zero-order chi connectivity index (χ0) is 37.5. The average molecular weight is 741 g/mol. The molecule has 0 saturated heterocycles. The van der Waals surface area contributed by atoms with Gasteiger partial charge in [0.1, 0.15) is 0 Å². The van der Waals surface area contributed by atoms with Crippen LogP contribution < -0.4 is 0 Å². The predicted molar refractivity (Wildman–Crippen MR) is 240 cm³/mol. The van der Waals surface area contributed by atoms with Crippen molar-refractivity contribution in [3.8, 4) is 66.8 Å². The number of rotatable bonds is 4. The monoisotopic (exact) mass is 740 g/mol. The average Bonchev–Trinajstić information content (AvgIpc) is 3.80. The van der Waals surface area contributed by atoms with E-state index in [1.54, 1.807) is 11.1 Å². The second-order valence-electron chi connectivity index (χ2n) is 19.6. The summed E-state index contributed by atoms with van der Waals surface area (Å²) in [5.74, 6) is 4.96. The largest absolute Gasteiger partial charge is 0.0616 e. The molecular weight excluding hydrogens is 697 g/mol. The van der Waals surface area contributed by atoms with E-state index in [0.717, 1.165) is 35.5 Å². The molecule has 0 N–H and O–H groups in total. The first-order chi connectivity index (χ1) is 28.7. The Morgan fingerprint density at radius 1 is 0.293 bits per heavy atom. The van der Waals surface area contributed by atoms with Crippen LogP contribution in [0.25, 0.3) is 88.3 Å². The lowest BCUT2D eigenvalue weighted by Crippen LogP contribution is -2.75. The maximum absolute atomic E-state index is 2.61. The molecule has 9 aliphatic carbocycles. The lowest BCUT2D eigenvalue weighted by Gasteiger charge is -2.79. The number of hydrogen-bond donors (Lipinski definition) is 0. The van der Waals surface area contributed by atoms with Crippen molar-refractivity contribution in [2.45, 2.75) is 49.4 Å². The minimum atomic E-state index is 0.348. The van der Waals surface area contributed by atoms with E-state index < -0.39 is 0 Å². The molecule has 4 unspecified atom stereocenters. The molecule has 17 rings (SSSR count). The highest BCUT2D eigenvalue weighted by molar-refractivity contribution is 6.19. The van der Waals surface area contributed by atoms with E-state index in [4.69, 9.17) is 0 Å². The van der Waals surface area contributed by atoms with Crippen LogP contribution in [0.3, 0.4) is 0 Å². The minimum Gasteiger partial charge on any atom is -0.0616 e. The fraction of sp³-hybridized carbons (Fsp3) is 0.241. The molecule has 0 heteroatoms. The molecule has 0 spiro atoms. The van der Waals surface area contributed by atoms with Gasteiger partial charge in [-0.2, -0.15) is 0 Å². The Hall–Kier alpha value is -5.72. The van der Waals surface area contributed by atoms with E-state index in [1.807, 2.05) is 0 Å². The van der Waals surface area contributed by atoms with E-state index >= 15 is 0 Å². The SMILES string of the molecule is c1ccc2c(c1)-c1cccc3c(-c4ccc(C56CC7CC8C5CC5CC6C(C7)C8(c6ccc(-c7ccc8c9c(cccc79)-c7ccccc7-8)cc6)C5)cc4)ccc-2c13. The smallest absolute Gasteiger partial charge is 0.00182 e. The molecule has 0 amide bonds. The van der Waals surface area contributed by atoms with Gasteiger partial charge in [0.25, 0.3) is 0 Å². The molecule has 0 aliphatic heterocycles. The summed E-state index contributed by atoms with van der Waals surface area (Å²) >= 11 is 0. The molecule has 8 aromatic carbocycles. The molecular formula is C58H44. The van der Waals surface area contributed by atoms with Gasteiger partial charge < -0.3 is 0 Å². The summed E-state index contributed by atoms with van der Waals surface area (Å²) in [5.41, 5.74) is 20.6. The van der Waals surface area contributed by atoms with Crippen LogP contribution in [-0.2, 0) is 10.8 Å². The van der Waals surface area contributed by atoms with Crippen molar-refractivity contribution in [2.24, 2.45) is 35.5 Å². The van der Waals surface area contributed by atoms with E-state index in [2.05, 4.69) is 158 Å². The third kappa shape index (κ3) is 3.60. The third-order valence-corrected chi connectivity index (χ3v) is 17.8. The van der Waals surface area contributed by atoms with Crippen LogP contribution >= 0.6 is 0 Å². The Balaban J connectivity index is 0.795. The minimum absolute atomic E-state index is 0.348. The van der Waals surface area contributed by atoms with Crippen molar-refractivity contribution in [1.82, 2.24) is 0 Å². The van der Waals surface area contributed by atoms with Crippen LogP contribution in [0.15, 0.2) is 158 Å². The summed E-state index contributed by atoms with van der Waals surface area (Å²) in [5, 5.41) is 5.62. The van der Waals surface area contributed by atoms with Gasteiger partial charge in [0, 0.05) is 10.8 Å². The molecule has 8 bridgehead atoms. The molecule has 7 saturated carbocycles. The second-order valence-corrected chi connectivity index (χ2v) is 19.6. The second kappa shape index (κ2) is 10.7. The van der Waals surface area contributed by atoms with Gasteiger partial charge in [-0.3, -0.25) is 0 Å². The van der Waals surface area contributed by atoms with Gasteiger partial charge >= 0.3 is 0 Å². The van der Waals surface area contributed by atoms with Gasteiger partial charge in [-0.1, -0.05) is 158 Å². The molecule has 58 heavy (non-hydrogen) atoms. The summed E-state index contributed by atoms with van der Waals surface area (Å²) in [6, 6.07) is 61.7. The Kier molecular flexibility index (Phi) is 5.75. The molecule has 276 valence electrons. The fourth-order valence-corrected chi connectivity index (χ4v) is 16.1. The van der Waals surface area contributed by atoms with Gasteiger partial charge in [0.15, 0.2) is 0 Å². The maximum Gasteiger partial charge on any atom is 0.00182 e. The number of benzene rings is 8. The van der Waals surface area contributed by atoms with E-state index in [9.17, 15) is 0 Å². The zero-order valence-electron chi connectivity index (χ0n) is 32.7. The number of hydrogen-bond acceptors (Lipinski definition) is 0. The molecule has 0 radical (unpaired) electrons. The van der Waals surface area contributed by atoms with Crippen LogP contribution in [0.5, 0.6) is 0 Å². The molecule has 7 fully saturated rings. The Labute approximate surface area is 340 Å². The Morgan fingerprint density at radius 3 is 1.00 bits per heavy atom. The van der Waals surface area contributed by atoms with Crippen LogP contribution in [0, 0.1) is 35.5 Å². The highest BCUT2D eigenvalue weighted by atomic mass is 14.8. The zero-order valence-corrected chi connectivity index (χ0v) is 32.7. The molecule has 0 aromatic heterocycles. The third-order valence-electron chi connectivity index (χ3n) is 17.8. The first kappa shape index (κ1) is 31.3. The maximum atomic E-state index is 2.61. The van der Waals surface area contributed by atoms with Crippen LogP contribution in [0.2, 0.25) is 0 Å². The van der Waals surface area contributed by atoms with Gasteiger partial charge in [-0.05, 0) is 173 Å². The first-order valence-electron chi connectivity index (χ1n) is 22.2. The summed E-state index contributed by atoms with van der Waals surface area (Å²) in [4.78, 5) is 0. The highest BCUT2D eigenvalue weighted by Crippen LogP contribution is 2.80. The van der Waals surface area contributed by atoms with Crippen molar-refractivity contribution < 1.29 is 0 Å². The van der Waals surface area contributed by atoms with Gasteiger partial charge in [-0.15, -0.1) is 0 Å². The molecule has 9 aliphatic rings. The summed E-state index contributed by atoms with van der Waals surface area (Å²) < 4.78 is 0. The van der Waals surface area contributed by atoms with Crippen molar-refractivity contribution in [2.75, 3.05) is 0 Å². The Bertz CT molecular complexity index is 2810. The van der Waals surface area contributed by atoms with Gasteiger partial charge in [0.05, 0.1) is 0 Å². The highest BCUT2D eigenvalue weighted by Gasteiger charge is 2.75. The van der Waals surface area contributed by atoms with E-state index in [0.29, 0.717) is 10.8 Å². The Morgan fingerprint density at radius 2 is 0.621 bits per heavy atom. The molecule has 4 atom stereocenters. The van der Waals surface area contributed by atoms with Crippen LogP contribution in [0.1, 0.15) is 49.7 Å². The lowest BCUT2D eigenvalue weighted by molar-refractivity contribution is -0.237. The van der Waals surface area contributed by atoms with Gasteiger partial charge in [-0.25, -0.2) is 0 Å². The molecule has 0 heterocycles. The standard InChI is InChI=1S/C58H44/c1-3-9-43-41(7-1)47-13-5-11-45-39(23-25-49(43)55(45)47)35-15-19-37(20-16-35)57-31-33-29-53-51(57)27-34-28-52(57)54(30-33)58(53,32-34)38-21-17-36(18-22-38)40-24-26-50-44-10-4-2-8-42(44)48-14-6-12-46(40)56(48)50/h1-26,33-34,51-54H,27-32H2. The fourth-order valence-electron chi connectivity index (χ4n) is 16.1. The van der Waals surface area contributed by atoms with Crippen molar-refractivity contribution in [3.05, 3.63) is 169 Å². The number of fused-ring (bicyclic) bond motifs is 6.